The van der Waals surface area contributed by atoms with Crippen molar-refractivity contribution in [1.82, 2.24) is 14.8 Å². The molecule has 2 rings (SSSR count). The third kappa shape index (κ3) is 5.32. The molecule has 0 saturated carbocycles. The Kier molecular flexibility index (Phi) is 8.47. The van der Waals surface area contributed by atoms with E-state index in [9.17, 15) is 0 Å². The first-order chi connectivity index (χ1) is 12.2. The fourth-order valence-electron chi connectivity index (χ4n) is 3.86. The van der Waals surface area contributed by atoms with Crippen LogP contribution in [0.3, 0.4) is 0 Å². The van der Waals surface area contributed by atoms with Gasteiger partial charge in [0, 0.05) is 0 Å². The summed E-state index contributed by atoms with van der Waals surface area (Å²) in [5.41, 5.74) is 2.23. The molecule has 0 amide bonds. The summed E-state index contributed by atoms with van der Waals surface area (Å²) in [5, 5.41) is 8.92. The van der Waals surface area contributed by atoms with Crippen molar-refractivity contribution in [2.45, 2.75) is 72.6 Å². The zero-order valence-electron chi connectivity index (χ0n) is 16.6. The van der Waals surface area contributed by atoms with Crippen LogP contribution in [0.25, 0.3) is 11.4 Å². The van der Waals surface area contributed by atoms with Crippen molar-refractivity contribution >= 4 is 22.0 Å². The molecule has 138 valence electrons. The molecule has 0 radical (unpaired) electrons. The zero-order valence-corrected chi connectivity index (χ0v) is 19.4. The first-order valence-corrected chi connectivity index (χ1v) is 17.6. The Hall–Kier alpha value is -0.841. The van der Waals surface area contributed by atoms with Crippen molar-refractivity contribution in [3.8, 4) is 11.4 Å². The molecule has 0 saturated heterocycles. The van der Waals surface area contributed by atoms with Crippen LogP contribution in [0.4, 0.5) is 0 Å². The molecule has 0 aromatic carbocycles. The van der Waals surface area contributed by atoms with Crippen molar-refractivity contribution < 1.29 is 0 Å². The van der Waals surface area contributed by atoms with Crippen molar-refractivity contribution in [1.29, 1.82) is 0 Å². The van der Waals surface area contributed by atoms with Crippen LogP contribution in [0.15, 0.2) is 30.6 Å². The van der Waals surface area contributed by atoms with E-state index in [1.54, 1.807) is 3.58 Å². The molecule has 0 spiro atoms. The molecule has 2 aromatic rings. The first kappa shape index (κ1) is 20.5. The van der Waals surface area contributed by atoms with E-state index in [0.717, 1.165) is 5.69 Å². The number of unbranched alkanes of at least 4 members (excludes halogenated alkanes) is 3. The Morgan fingerprint density at radius 1 is 0.960 bits per heavy atom. The molecule has 0 aliphatic rings. The predicted octanol–water partition coefficient (Wildman–Crippen LogP) is 5.54. The fourth-order valence-corrected chi connectivity index (χ4v) is 19.5. The molecule has 0 fully saturated rings. The van der Waals surface area contributed by atoms with Crippen LogP contribution in [-0.4, -0.2) is 33.1 Å². The third-order valence-corrected chi connectivity index (χ3v) is 21.0. The van der Waals surface area contributed by atoms with E-state index in [1.165, 1.54) is 57.5 Å². The molecule has 0 aliphatic heterocycles. The second-order valence-corrected chi connectivity index (χ2v) is 20.7. The van der Waals surface area contributed by atoms with Gasteiger partial charge in [0.1, 0.15) is 0 Å². The predicted molar refractivity (Wildman–Crippen MR) is 111 cm³/mol. The van der Waals surface area contributed by atoms with E-state index in [-0.39, 0.29) is 0 Å². The van der Waals surface area contributed by atoms with Crippen molar-refractivity contribution in [3.05, 3.63) is 30.6 Å². The van der Waals surface area contributed by atoms with Crippen LogP contribution in [0, 0.1) is 0 Å². The summed E-state index contributed by atoms with van der Waals surface area (Å²) in [4.78, 5) is 0. The summed E-state index contributed by atoms with van der Waals surface area (Å²) in [5.74, 6) is 0. The molecule has 0 bridgehead atoms. The second-order valence-electron chi connectivity index (χ2n) is 7.42. The van der Waals surface area contributed by atoms with Gasteiger partial charge in [0.2, 0.25) is 0 Å². The fraction of sp³-hybridized carbons (Fsp3) is 0.619. The van der Waals surface area contributed by atoms with Gasteiger partial charge in [-0.1, -0.05) is 0 Å². The van der Waals surface area contributed by atoms with Crippen LogP contribution >= 0.6 is 0 Å². The normalized spacial score (nSPS) is 11.8. The monoisotopic (exact) mass is 449 g/mol. The molecule has 2 aromatic heterocycles. The number of aryl methyl sites for hydroxylation is 1. The van der Waals surface area contributed by atoms with Gasteiger partial charge >= 0.3 is 158 Å². The van der Waals surface area contributed by atoms with Gasteiger partial charge in [-0.25, -0.2) is 0 Å². The van der Waals surface area contributed by atoms with Crippen LogP contribution in [0.5, 0.6) is 0 Å². The minimum atomic E-state index is -2.41. The van der Waals surface area contributed by atoms with Gasteiger partial charge < -0.3 is 0 Å². The molecule has 4 heteroatoms. The van der Waals surface area contributed by atoms with E-state index in [1.807, 2.05) is 0 Å². The number of hydrogen-bond donors (Lipinski definition) is 0. The number of hydrogen-bond acceptors (Lipinski definition) is 2. The topological polar surface area (TPSA) is 30.7 Å². The van der Waals surface area contributed by atoms with E-state index in [0.29, 0.717) is 0 Å². The summed E-state index contributed by atoms with van der Waals surface area (Å²) >= 11 is -2.41. The molecular formula is C21H35N3Sn. The Labute approximate surface area is 158 Å². The van der Waals surface area contributed by atoms with E-state index in [4.69, 9.17) is 0 Å². The van der Waals surface area contributed by atoms with Crippen molar-refractivity contribution in [2.75, 3.05) is 0 Å². The molecule has 25 heavy (non-hydrogen) atoms. The second kappa shape index (κ2) is 10.3. The zero-order chi connectivity index (χ0) is 18.1. The molecule has 0 aliphatic carbocycles. The van der Waals surface area contributed by atoms with Crippen LogP contribution in [0.1, 0.15) is 59.3 Å². The molecule has 0 N–H and O–H groups in total. The van der Waals surface area contributed by atoms with Gasteiger partial charge in [-0.2, -0.15) is 0 Å². The van der Waals surface area contributed by atoms with Gasteiger partial charge in [-0.05, 0) is 0 Å². The summed E-state index contributed by atoms with van der Waals surface area (Å²) in [6.07, 6.45) is 12.3. The van der Waals surface area contributed by atoms with Gasteiger partial charge in [0.25, 0.3) is 0 Å². The summed E-state index contributed by atoms with van der Waals surface area (Å²) in [6.45, 7) is 6.99. The molecule has 3 nitrogen and oxygen atoms in total. The standard InChI is InChI=1S/C9H8N3.3C4H9.Sn/c1-12-7-3-5-9(12)8-4-2-6-10-11-8;3*1-3-4-2;/h3-7H,1H3;3*1,3-4H2,2H3;. The van der Waals surface area contributed by atoms with Gasteiger partial charge in [0.05, 0.1) is 0 Å². The average Bonchev–Trinajstić information content (AvgIpc) is 3.07. The van der Waals surface area contributed by atoms with E-state index in [2.05, 4.69) is 73.2 Å². The number of nitrogens with zero attached hydrogens (tertiary/aromatic N) is 3. The summed E-state index contributed by atoms with van der Waals surface area (Å²) < 4.78 is 8.18. The average molecular weight is 448 g/mol. The molecule has 0 unspecified atom stereocenters. The van der Waals surface area contributed by atoms with E-state index < -0.39 is 18.4 Å². The van der Waals surface area contributed by atoms with Gasteiger partial charge in [0.15, 0.2) is 0 Å². The van der Waals surface area contributed by atoms with Crippen molar-refractivity contribution in [3.63, 3.8) is 0 Å². The maximum atomic E-state index is 4.46. The summed E-state index contributed by atoms with van der Waals surface area (Å²) in [6, 6.07) is 6.64. The Morgan fingerprint density at radius 3 is 2.04 bits per heavy atom. The maximum absolute atomic E-state index is 4.46. The van der Waals surface area contributed by atoms with Crippen LogP contribution < -0.4 is 3.58 Å². The molecule has 2 heterocycles. The van der Waals surface area contributed by atoms with E-state index >= 15 is 0 Å². The van der Waals surface area contributed by atoms with Gasteiger partial charge in [-0.3, -0.25) is 0 Å². The molecule has 0 atom stereocenters. The quantitative estimate of drug-likeness (QED) is 0.423. The SMILES string of the molecule is CCC[CH2][Sn]([CH2]CCC)([CH2]CCC)[c]1cnnc(-c2cccn2C)c1. The Balaban J connectivity index is 2.42. The van der Waals surface area contributed by atoms with Crippen LogP contribution in [0.2, 0.25) is 13.3 Å². The minimum absolute atomic E-state index is 1.05. The first-order valence-electron chi connectivity index (χ1n) is 10.1. The van der Waals surface area contributed by atoms with Crippen molar-refractivity contribution in [2.24, 2.45) is 7.05 Å². The Morgan fingerprint density at radius 2 is 1.56 bits per heavy atom. The summed E-state index contributed by atoms with van der Waals surface area (Å²) in [7, 11) is 2.09. The third-order valence-electron chi connectivity index (χ3n) is 5.50. The number of aromatic nitrogens is 3. The Bertz CT molecular complexity index is 614. The number of rotatable bonds is 11. The van der Waals surface area contributed by atoms with Gasteiger partial charge in [-0.15, -0.1) is 0 Å². The molecular weight excluding hydrogens is 413 g/mol. The van der Waals surface area contributed by atoms with Crippen LogP contribution in [-0.2, 0) is 7.05 Å².